The van der Waals surface area contributed by atoms with E-state index in [1.807, 2.05) is 6.07 Å². The van der Waals surface area contributed by atoms with Gasteiger partial charge in [-0.05, 0) is 24.3 Å². The first-order valence-electron chi connectivity index (χ1n) is 6.05. The molecule has 2 N–H and O–H groups in total. The first-order valence-corrected chi connectivity index (χ1v) is 7.54. The number of sulfonamides is 1. The van der Waals surface area contributed by atoms with Crippen molar-refractivity contribution in [3.8, 4) is 6.07 Å². The number of rotatable bonds is 5. The van der Waals surface area contributed by atoms with E-state index in [4.69, 9.17) is 5.26 Å². The van der Waals surface area contributed by atoms with Gasteiger partial charge >= 0.3 is 6.03 Å². The Bertz CT molecular complexity index is 634. The lowest BCUT2D eigenvalue weighted by atomic mass is 10.2. The highest BCUT2D eigenvalue weighted by atomic mass is 32.2. The molecule has 0 bridgehead atoms. The molecular formula is C12H14N4O3S. The zero-order valence-electron chi connectivity index (χ0n) is 10.7. The molecule has 2 rings (SSSR count). The quantitative estimate of drug-likeness (QED) is 0.789. The third kappa shape index (κ3) is 3.26. The maximum Gasteiger partial charge on any atom is 0.317 e. The number of nitrogens with zero attached hydrogens (tertiary/aromatic N) is 2. The van der Waals surface area contributed by atoms with Crippen LogP contribution in [0.25, 0.3) is 0 Å². The van der Waals surface area contributed by atoms with E-state index in [-0.39, 0.29) is 17.5 Å². The van der Waals surface area contributed by atoms with E-state index in [1.54, 1.807) is 4.90 Å². The number of amides is 2. The summed E-state index contributed by atoms with van der Waals surface area (Å²) in [6, 6.07) is 7.40. The first-order chi connectivity index (χ1) is 9.53. The molecule has 20 heavy (non-hydrogen) atoms. The molecular weight excluding hydrogens is 280 g/mol. The molecule has 8 heteroatoms. The Balaban J connectivity index is 1.93. The molecule has 1 heterocycles. The number of hydrogen-bond donors (Lipinski definition) is 2. The number of urea groups is 1. The van der Waals surface area contributed by atoms with E-state index in [0.29, 0.717) is 25.2 Å². The Kier molecular flexibility index (Phi) is 4.22. The molecule has 0 radical (unpaired) electrons. The summed E-state index contributed by atoms with van der Waals surface area (Å²) in [6.07, 6.45) is 0. The van der Waals surface area contributed by atoms with Gasteiger partial charge in [0.15, 0.2) is 0 Å². The van der Waals surface area contributed by atoms with Gasteiger partial charge in [0.2, 0.25) is 10.0 Å². The number of nitrogens with one attached hydrogen (secondary N) is 2. The van der Waals surface area contributed by atoms with Crippen LogP contribution in [0.15, 0.2) is 29.2 Å². The lowest BCUT2D eigenvalue weighted by molar-refractivity contribution is 0.218. The van der Waals surface area contributed by atoms with Crippen molar-refractivity contribution in [2.45, 2.75) is 4.90 Å². The van der Waals surface area contributed by atoms with Gasteiger partial charge in [-0.25, -0.2) is 17.9 Å². The lowest BCUT2D eigenvalue weighted by Gasteiger charge is -2.14. The fourth-order valence-electron chi connectivity index (χ4n) is 1.83. The van der Waals surface area contributed by atoms with E-state index >= 15 is 0 Å². The fourth-order valence-corrected chi connectivity index (χ4v) is 2.85. The highest BCUT2D eigenvalue weighted by Gasteiger charge is 2.20. The van der Waals surface area contributed by atoms with Gasteiger partial charge < -0.3 is 10.2 Å². The van der Waals surface area contributed by atoms with Gasteiger partial charge in [-0.15, -0.1) is 0 Å². The Morgan fingerprint density at radius 2 is 2.05 bits per heavy atom. The highest BCUT2D eigenvalue weighted by molar-refractivity contribution is 7.89. The molecule has 106 valence electrons. The zero-order chi connectivity index (χ0) is 14.6. The topological polar surface area (TPSA) is 102 Å². The van der Waals surface area contributed by atoms with Gasteiger partial charge in [-0.2, -0.15) is 5.26 Å². The predicted molar refractivity (Wildman–Crippen MR) is 71.3 cm³/mol. The average Bonchev–Trinajstić information content (AvgIpc) is 2.84. The minimum absolute atomic E-state index is 0.0994. The average molecular weight is 294 g/mol. The maximum atomic E-state index is 12.0. The van der Waals surface area contributed by atoms with Crippen molar-refractivity contribution in [2.75, 3.05) is 26.2 Å². The Morgan fingerprint density at radius 1 is 1.35 bits per heavy atom. The monoisotopic (exact) mass is 294 g/mol. The molecule has 0 spiro atoms. The van der Waals surface area contributed by atoms with Crippen LogP contribution in [0.3, 0.4) is 0 Å². The third-order valence-electron chi connectivity index (χ3n) is 2.91. The minimum atomic E-state index is -3.61. The number of benzene rings is 1. The summed E-state index contributed by atoms with van der Waals surface area (Å²) >= 11 is 0. The molecule has 1 aromatic carbocycles. The number of nitriles is 1. The molecule has 1 saturated heterocycles. The minimum Gasteiger partial charge on any atom is -0.336 e. The second-order valence-electron chi connectivity index (χ2n) is 4.25. The second kappa shape index (κ2) is 5.90. The molecule has 7 nitrogen and oxygen atoms in total. The Labute approximate surface area is 117 Å². The van der Waals surface area contributed by atoms with Crippen LogP contribution in [0, 0.1) is 11.3 Å². The third-order valence-corrected chi connectivity index (χ3v) is 4.39. The Hall–Kier alpha value is -2.11. The van der Waals surface area contributed by atoms with Crippen LogP contribution in [-0.4, -0.2) is 45.5 Å². The molecule has 0 atom stereocenters. The van der Waals surface area contributed by atoms with Crippen LogP contribution in [0.4, 0.5) is 4.79 Å². The van der Waals surface area contributed by atoms with Crippen molar-refractivity contribution in [1.29, 1.82) is 5.26 Å². The van der Waals surface area contributed by atoms with Crippen molar-refractivity contribution in [1.82, 2.24) is 14.9 Å². The summed E-state index contributed by atoms with van der Waals surface area (Å²) in [5.74, 6) is 0. The molecule has 0 aliphatic carbocycles. The summed E-state index contributed by atoms with van der Waals surface area (Å²) in [7, 11) is -3.61. The number of carbonyl (C=O) groups is 1. The number of hydrogen-bond acceptors (Lipinski definition) is 4. The van der Waals surface area contributed by atoms with Crippen LogP contribution in [0.2, 0.25) is 0 Å². The van der Waals surface area contributed by atoms with E-state index in [0.717, 1.165) is 0 Å². The normalized spacial score (nSPS) is 14.9. The first kappa shape index (κ1) is 14.3. The highest BCUT2D eigenvalue weighted by Crippen LogP contribution is 2.09. The molecule has 2 amide bonds. The number of carbonyl (C=O) groups excluding carboxylic acids is 1. The summed E-state index contributed by atoms with van der Waals surface area (Å²) in [4.78, 5) is 12.9. The second-order valence-corrected chi connectivity index (χ2v) is 6.02. The van der Waals surface area contributed by atoms with Crippen LogP contribution < -0.4 is 10.0 Å². The molecule has 0 unspecified atom stereocenters. The van der Waals surface area contributed by atoms with E-state index in [1.165, 1.54) is 24.3 Å². The summed E-state index contributed by atoms with van der Waals surface area (Å²) in [6.45, 7) is 1.63. The van der Waals surface area contributed by atoms with Crippen LogP contribution in [0.1, 0.15) is 5.56 Å². The molecule has 0 saturated carbocycles. The summed E-state index contributed by atoms with van der Waals surface area (Å²) < 4.78 is 26.4. The van der Waals surface area contributed by atoms with Crippen LogP contribution in [0.5, 0.6) is 0 Å². The lowest BCUT2D eigenvalue weighted by Crippen LogP contribution is -2.36. The zero-order valence-corrected chi connectivity index (χ0v) is 11.5. The van der Waals surface area contributed by atoms with Gasteiger partial charge in [0.05, 0.1) is 16.5 Å². The van der Waals surface area contributed by atoms with Gasteiger partial charge in [-0.1, -0.05) is 0 Å². The van der Waals surface area contributed by atoms with Gasteiger partial charge in [0.1, 0.15) is 0 Å². The summed E-state index contributed by atoms with van der Waals surface area (Å²) in [5.41, 5.74) is 0.401. The van der Waals surface area contributed by atoms with Crippen LogP contribution in [-0.2, 0) is 10.0 Å². The van der Waals surface area contributed by atoms with Crippen molar-refractivity contribution < 1.29 is 13.2 Å². The van der Waals surface area contributed by atoms with Gasteiger partial charge in [-0.3, -0.25) is 0 Å². The molecule has 0 aromatic heterocycles. The smallest absolute Gasteiger partial charge is 0.317 e. The standard InChI is InChI=1S/C12H14N4O3S/c13-9-10-1-3-11(4-2-10)20(18,19)15-6-8-16-7-5-14-12(16)17/h1-4,15H,5-8H2,(H,14,17). The van der Waals surface area contributed by atoms with Gasteiger partial charge in [0.25, 0.3) is 0 Å². The molecule has 1 aromatic rings. The van der Waals surface area contributed by atoms with Gasteiger partial charge in [0, 0.05) is 26.2 Å². The van der Waals surface area contributed by atoms with E-state index in [9.17, 15) is 13.2 Å². The van der Waals surface area contributed by atoms with Crippen molar-refractivity contribution in [2.24, 2.45) is 0 Å². The molecule has 1 aliphatic rings. The van der Waals surface area contributed by atoms with Crippen molar-refractivity contribution >= 4 is 16.1 Å². The Morgan fingerprint density at radius 3 is 2.60 bits per heavy atom. The largest absolute Gasteiger partial charge is 0.336 e. The fraction of sp³-hybridized carbons (Fsp3) is 0.333. The van der Waals surface area contributed by atoms with E-state index in [2.05, 4.69) is 10.0 Å². The van der Waals surface area contributed by atoms with Crippen LogP contribution >= 0.6 is 0 Å². The maximum absolute atomic E-state index is 12.0. The van der Waals surface area contributed by atoms with E-state index < -0.39 is 10.0 Å². The molecule has 1 aliphatic heterocycles. The van der Waals surface area contributed by atoms with Crippen molar-refractivity contribution in [3.05, 3.63) is 29.8 Å². The SMILES string of the molecule is N#Cc1ccc(S(=O)(=O)NCCN2CCNC2=O)cc1. The predicted octanol–water partition coefficient (Wildman–Crippen LogP) is -0.138. The summed E-state index contributed by atoms with van der Waals surface area (Å²) in [5, 5.41) is 11.3. The van der Waals surface area contributed by atoms with Crippen molar-refractivity contribution in [3.63, 3.8) is 0 Å². The molecule has 1 fully saturated rings.